The predicted octanol–water partition coefficient (Wildman–Crippen LogP) is 4.33. The van der Waals surface area contributed by atoms with Gasteiger partial charge in [0.1, 0.15) is 0 Å². The molecule has 0 radical (unpaired) electrons. The number of rotatable bonds is 7. The summed E-state index contributed by atoms with van der Waals surface area (Å²) in [6.45, 7) is 3.32. The number of hydrogen-bond donors (Lipinski definition) is 0. The van der Waals surface area contributed by atoms with Gasteiger partial charge in [0.25, 0.3) is 5.91 Å². The lowest BCUT2D eigenvalue weighted by molar-refractivity contribution is 0.0730. The van der Waals surface area contributed by atoms with E-state index in [1.807, 2.05) is 30.0 Å². The molecule has 2 aromatic rings. The van der Waals surface area contributed by atoms with Crippen molar-refractivity contribution in [3.8, 4) is 11.5 Å². The van der Waals surface area contributed by atoms with Gasteiger partial charge in [0, 0.05) is 18.2 Å². The van der Waals surface area contributed by atoms with E-state index in [2.05, 4.69) is 24.3 Å². The Balaban J connectivity index is 1.69. The summed E-state index contributed by atoms with van der Waals surface area (Å²) in [6.07, 6.45) is 4.15. The first-order chi connectivity index (χ1) is 12.7. The number of ether oxygens (including phenoxy) is 2. The molecular formula is C22H27NO3. The van der Waals surface area contributed by atoms with Crippen LogP contribution in [0.15, 0.2) is 48.5 Å². The molecule has 0 spiro atoms. The molecule has 1 atom stereocenters. The predicted molar refractivity (Wildman–Crippen MR) is 103 cm³/mol. The average molecular weight is 353 g/mol. The molecule has 1 unspecified atom stereocenters. The zero-order valence-electron chi connectivity index (χ0n) is 15.6. The number of nitrogens with zero attached hydrogens (tertiary/aromatic N) is 1. The largest absolute Gasteiger partial charge is 0.493 e. The fraction of sp³-hybridized carbons (Fsp3) is 0.409. The van der Waals surface area contributed by atoms with Crippen molar-refractivity contribution in [2.75, 3.05) is 20.3 Å². The first-order valence-electron chi connectivity index (χ1n) is 9.38. The number of carbonyl (C=O) groups is 1. The quantitative estimate of drug-likeness (QED) is 0.744. The Labute approximate surface area is 155 Å². The molecule has 0 aliphatic carbocycles. The summed E-state index contributed by atoms with van der Waals surface area (Å²) in [7, 11) is 1.60. The molecule has 0 aromatic heterocycles. The molecule has 1 aliphatic rings. The minimum absolute atomic E-state index is 0.0851. The van der Waals surface area contributed by atoms with Crippen molar-refractivity contribution in [1.29, 1.82) is 0 Å². The summed E-state index contributed by atoms with van der Waals surface area (Å²) in [6, 6.07) is 16.2. The van der Waals surface area contributed by atoms with Gasteiger partial charge in [-0.25, -0.2) is 0 Å². The van der Waals surface area contributed by atoms with Crippen molar-refractivity contribution >= 4 is 5.91 Å². The summed E-state index contributed by atoms with van der Waals surface area (Å²) in [5, 5.41) is 0. The van der Waals surface area contributed by atoms with Crippen LogP contribution in [0.2, 0.25) is 0 Å². The third kappa shape index (κ3) is 4.18. The molecule has 1 aliphatic heterocycles. The Hall–Kier alpha value is -2.49. The standard InChI is InChI=1S/C22H27NO3/c1-3-26-20-14-12-18(16-21(20)25-2)22(24)23-15-7-10-19(23)13-11-17-8-5-4-6-9-17/h4-6,8-9,12,14,16,19H,3,7,10-11,13,15H2,1-2H3. The molecule has 0 N–H and O–H groups in total. The lowest BCUT2D eigenvalue weighted by Gasteiger charge is -2.25. The zero-order valence-corrected chi connectivity index (χ0v) is 15.6. The zero-order chi connectivity index (χ0) is 18.4. The Morgan fingerprint density at radius 3 is 2.69 bits per heavy atom. The van der Waals surface area contributed by atoms with E-state index >= 15 is 0 Å². The number of benzene rings is 2. The topological polar surface area (TPSA) is 38.8 Å². The van der Waals surface area contributed by atoms with E-state index in [1.165, 1.54) is 5.56 Å². The lowest BCUT2D eigenvalue weighted by atomic mass is 10.0. The van der Waals surface area contributed by atoms with Gasteiger partial charge in [-0.1, -0.05) is 30.3 Å². The maximum atomic E-state index is 13.0. The highest BCUT2D eigenvalue weighted by Gasteiger charge is 2.29. The Morgan fingerprint density at radius 2 is 1.96 bits per heavy atom. The minimum atomic E-state index is 0.0851. The third-order valence-electron chi connectivity index (χ3n) is 4.96. The maximum Gasteiger partial charge on any atom is 0.254 e. The van der Waals surface area contributed by atoms with Gasteiger partial charge < -0.3 is 14.4 Å². The highest BCUT2D eigenvalue weighted by molar-refractivity contribution is 5.95. The van der Waals surface area contributed by atoms with Gasteiger partial charge in [-0.05, 0) is 56.4 Å². The SMILES string of the molecule is CCOc1ccc(C(=O)N2CCCC2CCc2ccccc2)cc1OC. The molecule has 1 heterocycles. The Morgan fingerprint density at radius 1 is 1.15 bits per heavy atom. The van der Waals surface area contributed by atoms with Gasteiger partial charge in [0.2, 0.25) is 0 Å². The van der Waals surface area contributed by atoms with Gasteiger partial charge in [-0.2, -0.15) is 0 Å². The molecule has 26 heavy (non-hydrogen) atoms. The highest BCUT2D eigenvalue weighted by atomic mass is 16.5. The van der Waals surface area contributed by atoms with Crippen molar-refractivity contribution < 1.29 is 14.3 Å². The molecule has 1 saturated heterocycles. The van der Waals surface area contributed by atoms with E-state index in [-0.39, 0.29) is 5.91 Å². The molecule has 1 amide bonds. The maximum absolute atomic E-state index is 13.0. The van der Waals surface area contributed by atoms with Crippen molar-refractivity contribution in [2.24, 2.45) is 0 Å². The summed E-state index contributed by atoms with van der Waals surface area (Å²) in [4.78, 5) is 15.1. The van der Waals surface area contributed by atoms with Crippen molar-refractivity contribution in [2.45, 2.75) is 38.6 Å². The second-order valence-electron chi connectivity index (χ2n) is 6.62. The first kappa shape index (κ1) is 18.3. The van der Waals surface area contributed by atoms with Gasteiger partial charge in [0.15, 0.2) is 11.5 Å². The van der Waals surface area contributed by atoms with Crippen LogP contribution in [-0.2, 0) is 6.42 Å². The molecule has 4 heteroatoms. The second kappa shape index (κ2) is 8.75. The van der Waals surface area contributed by atoms with Crippen molar-refractivity contribution in [1.82, 2.24) is 4.90 Å². The number of amides is 1. The monoisotopic (exact) mass is 353 g/mol. The smallest absolute Gasteiger partial charge is 0.254 e. The fourth-order valence-corrected chi connectivity index (χ4v) is 3.62. The summed E-state index contributed by atoms with van der Waals surface area (Å²) >= 11 is 0. The fourth-order valence-electron chi connectivity index (χ4n) is 3.62. The third-order valence-corrected chi connectivity index (χ3v) is 4.96. The Bertz CT molecular complexity index is 729. The van der Waals surface area contributed by atoms with Gasteiger partial charge in [-0.3, -0.25) is 4.79 Å². The van der Waals surface area contributed by atoms with Gasteiger partial charge in [0.05, 0.1) is 13.7 Å². The average Bonchev–Trinajstić information content (AvgIpc) is 3.15. The van der Waals surface area contributed by atoms with E-state index in [1.54, 1.807) is 13.2 Å². The van der Waals surface area contributed by atoms with E-state index in [4.69, 9.17) is 9.47 Å². The van der Waals surface area contributed by atoms with Crippen LogP contribution in [0.25, 0.3) is 0 Å². The molecular weight excluding hydrogens is 326 g/mol. The van der Waals surface area contributed by atoms with Crippen LogP contribution >= 0.6 is 0 Å². The number of hydrogen-bond acceptors (Lipinski definition) is 3. The van der Waals surface area contributed by atoms with E-state index in [9.17, 15) is 4.79 Å². The molecule has 1 fully saturated rings. The highest BCUT2D eigenvalue weighted by Crippen LogP contribution is 2.30. The van der Waals surface area contributed by atoms with Crippen LogP contribution in [0.3, 0.4) is 0 Å². The summed E-state index contributed by atoms with van der Waals surface area (Å²) in [5.41, 5.74) is 1.99. The molecule has 3 rings (SSSR count). The number of likely N-dealkylation sites (tertiary alicyclic amines) is 1. The van der Waals surface area contributed by atoms with Crippen LogP contribution in [0, 0.1) is 0 Å². The van der Waals surface area contributed by atoms with Crippen LogP contribution in [0.4, 0.5) is 0 Å². The first-order valence-corrected chi connectivity index (χ1v) is 9.38. The molecule has 4 nitrogen and oxygen atoms in total. The normalized spacial score (nSPS) is 16.5. The van der Waals surface area contributed by atoms with Crippen LogP contribution in [0.1, 0.15) is 42.1 Å². The van der Waals surface area contributed by atoms with Crippen LogP contribution in [-0.4, -0.2) is 37.1 Å². The summed E-state index contributed by atoms with van der Waals surface area (Å²) in [5.74, 6) is 1.37. The molecule has 2 aromatic carbocycles. The van der Waals surface area contributed by atoms with Crippen LogP contribution < -0.4 is 9.47 Å². The van der Waals surface area contributed by atoms with Crippen LogP contribution in [0.5, 0.6) is 11.5 Å². The number of methoxy groups -OCH3 is 1. The van der Waals surface area contributed by atoms with Gasteiger partial charge >= 0.3 is 0 Å². The van der Waals surface area contributed by atoms with E-state index < -0.39 is 0 Å². The van der Waals surface area contributed by atoms with Crippen molar-refractivity contribution in [3.63, 3.8) is 0 Å². The minimum Gasteiger partial charge on any atom is -0.493 e. The second-order valence-corrected chi connectivity index (χ2v) is 6.62. The molecule has 138 valence electrons. The molecule has 0 saturated carbocycles. The lowest BCUT2D eigenvalue weighted by Crippen LogP contribution is -2.35. The Kier molecular flexibility index (Phi) is 6.16. The molecule has 0 bridgehead atoms. The van der Waals surface area contributed by atoms with Crippen molar-refractivity contribution in [3.05, 3.63) is 59.7 Å². The van der Waals surface area contributed by atoms with E-state index in [0.29, 0.717) is 29.7 Å². The number of carbonyl (C=O) groups excluding carboxylic acids is 1. The number of aryl methyl sites for hydroxylation is 1. The van der Waals surface area contributed by atoms with E-state index in [0.717, 1.165) is 32.2 Å². The summed E-state index contributed by atoms with van der Waals surface area (Å²) < 4.78 is 10.9. The van der Waals surface area contributed by atoms with Gasteiger partial charge in [-0.15, -0.1) is 0 Å².